The molecule has 0 aromatic heterocycles. The molecule has 3 heteroatoms. The van der Waals surface area contributed by atoms with Gasteiger partial charge in [0.25, 0.3) is 5.91 Å². The normalized spacial score (nSPS) is 22.3. The molecule has 3 nitrogen and oxygen atoms in total. The number of amides is 1. The average Bonchev–Trinajstić information content (AvgIpc) is 2.94. The number of nitrogens with one attached hydrogen (secondary N) is 1. The van der Waals surface area contributed by atoms with Crippen molar-refractivity contribution in [1.29, 1.82) is 0 Å². The Hall–Kier alpha value is -2.13. The van der Waals surface area contributed by atoms with Gasteiger partial charge in [-0.1, -0.05) is 30.3 Å². The number of benzene rings is 2. The molecule has 2 aliphatic carbocycles. The smallest absolute Gasteiger partial charge is 0.251 e. The van der Waals surface area contributed by atoms with Gasteiger partial charge >= 0.3 is 0 Å². The van der Waals surface area contributed by atoms with Crippen molar-refractivity contribution in [3.8, 4) is 11.1 Å². The number of carbonyl (C=O) groups excluding carboxylic acids is 1. The van der Waals surface area contributed by atoms with Crippen LogP contribution in [0.15, 0.2) is 42.5 Å². The lowest BCUT2D eigenvalue weighted by atomic mass is 9.93. The first-order valence-corrected chi connectivity index (χ1v) is 8.41. The molecule has 0 unspecified atom stereocenters. The Kier molecular flexibility index (Phi) is 3.66. The van der Waals surface area contributed by atoms with E-state index in [4.69, 9.17) is 0 Å². The number of aliphatic hydroxyl groups is 1. The molecule has 2 aromatic carbocycles. The van der Waals surface area contributed by atoms with Crippen LogP contribution in [-0.4, -0.2) is 23.2 Å². The van der Waals surface area contributed by atoms with Gasteiger partial charge in [0.15, 0.2) is 0 Å². The summed E-state index contributed by atoms with van der Waals surface area (Å²) in [6, 6.07) is 14.6. The molecule has 2 aromatic rings. The van der Waals surface area contributed by atoms with E-state index in [0.29, 0.717) is 0 Å². The fourth-order valence-corrected chi connectivity index (χ4v) is 3.75. The molecule has 2 N–H and O–H groups in total. The molecule has 0 atom stereocenters. The van der Waals surface area contributed by atoms with E-state index in [-0.39, 0.29) is 18.1 Å². The molecule has 0 saturated heterocycles. The minimum atomic E-state index is -0.195. The van der Waals surface area contributed by atoms with Gasteiger partial charge in [-0.25, -0.2) is 0 Å². The molecule has 118 valence electrons. The highest BCUT2D eigenvalue weighted by Gasteiger charge is 2.23. The van der Waals surface area contributed by atoms with E-state index in [2.05, 4.69) is 29.6 Å². The lowest BCUT2D eigenvalue weighted by Crippen LogP contribution is -2.38. The highest BCUT2D eigenvalue weighted by Crippen LogP contribution is 2.36. The van der Waals surface area contributed by atoms with Crippen LogP contribution in [0.2, 0.25) is 0 Å². The highest BCUT2D eigenvalue weighted by atomic mass is 16.3. The van der Waals surface area contributed by atoms with Crippen molar-refractivity contribution in [2.75, 3.05) is 0 Å². The first kappa shape index (κ1) is 14.5. The molecule has 0 spiro atoms. The van der Waals surface area contributed by atoms with Crippen molar-refractivity contribution in [2.45, 2.75) is 44.2 Å². The van der Waals surface area contributed by atoms with Gasteiger partial charge in [-0.05, 0) is 66.5 Å². The van der Waals surface area contributed by atoms with Gasteiger partial charge in [0, 0.05) is 11.6 Å². The molecule has 1 saturated carbocycles. The maximum Gasteiger partial charge on any atom is 0.251 e. The lowest BCUT2D eigenvalue weighted by molar-refractivity contribution is 0.0867. The second-order valence-electron chi connectivity index (χ2n) is 6.68. The molecule has 0 aliphatic heterocycles. The summed E-state index contributed by atoms with van der Waals surface area (Å²) in [5, 5.41) is 12.7. The molecule has 23 heavy (non-hydrogen) atoms. The van der Waals surface area contributed by atoms with Gasteiger partial charge in [-0.3, -0.25) is 4.79 Å². The van der Waals surface area contributed by atoms with Crippen LogP contribution in [0.25, 0.3) is 11.1 Å². The van der Waals surface area contributed by atoms with Crippen LogP contribution in [0.5, 0.6) is 0 Å². The zero-order valence-corrected chi connectivity index (χ0v) is 13.1. The van der Waals surface area contributed by atoms with Crippen LogP contribution in [0, 0.1) is 0 Å². The second-order valence-corrected chi connectivity index (χ2v) is 6.68. The monoisotopic (exact) mass is 307 g/mol. The SMILES string of the molecule is O=C(NC1CCC(O)CC1)c1ccc2c(c1)-c1ccccc1C2. The van der Waals surface area contributed by atoms with Crippen LogP contribution in [0.3, 0.4) is 0 Å². The minimum absolute atomic E-state index is 0.00132. The first-order chi connectivity index (χ1) is 11.2. The summed E-state index contributed by atoms with van der Waals surface area (Å²) < 4.78 is 0. The molecule has 0 radical (unpaired) electrons. The third-order valence-corrected chi connectivity index (χ3v) is 5.09. The maximum absolute atomic E-state index is 12.5. The van der Waals surface area contributed by atoms with Gasteiger partial charge < -0.3 is 10.4 Å². The minimum Gasteiger partial charge on any atom is -0.393 e. The largest absolute Gasteiger partial charge is 0.393 e. The quantitative estimate of drug-likeness (QED) is 0.763. The van der Waals surface area contributed by atoms with Gasteiger partial charge in [0.2, 0.25) is 0 Å². The van der Waals surface area contributed by atoms with Gasteiger partial charge in [0.1, 0.15) is 0 Å². The first-order valence-electron chi connectivity index (χ1n) is 8.41. The third-order valence-electron chi connectivity index (χ3n) is 5.09. The number of fused-ring (bicyclic) bond motifs is 3. The number of carbonyl (C=O) groups is 1. The molecular weight excluding hydrogens is 286 g/mol. The Balaban J connectivity index is 1.54. The number of aliphatic hydroxyl groups excluding tert-OH is 1. The lowest BCUT2D eigenvalue weighted by Gasteiger charge is -2.26. The number of hydrogen-bond donors (Lipinski definition) is 2. The summed E-state index contributed by atoms with van der Waals surface area (Å²) in [6.07, 6.45) is 4.04. The summed E-state index contributed by atoms with van der Waals surface area (Å²) in [7, 11) is 0. The summed E-state index contributed by atoms with van der Waals surface area (Å²) in [5.41, 5.74) is 5.79. The maximum atomic E-state index is 12.5. The van der Waals surface area contributed by atoms with Crippen molar-refractivity contribution in [1.82, 2.24) is 5.32 Å². The summed E-state index contributed by atoms with van der Waals surface area (Å²) in [6.45, 7) is 0. The second kappa shape index (κ2) is 5.82. The van der Waals surface area contributed by atoms with E-state index in [1.165, 1.54) is 22.3 Å². The Morgan fingerprint density at radius 3 is 2.52 bits per heavy atom. The molecule has 0 bridgehead atoms. The van der Waals surface area contributed by atoms with Crippen molar-refractivity contribution in [2.24, 2.45) is 0 Å². The van der Waals surface area contributed by atoms with E-state index in [9.17, 15) is 9.90 Å². The van der Waals surface area contributed by atoms with E-state index in [1.54, 1.807) is 0 Å². The molecular formula is C20H21NO2. The van der Waals surface area contributed by atoms with Crippen LogP contribution >= 0.6 is 0 Å². The zero-order chi connectivity index (χ0) is 15.8. The topological polar surface area (TPSA) is 49.3 Å². The molecule has 1 fully saturated rings. The third kappa shape index (κ3) is 2.77. The molecule has 0 heterocycles. The molecule has 4 rings (SSSR count). The Labute approximate surface area is 136 Å². The van der Waals surface area contributed by atoms with Crippen LogP contribution in [-0.2, 0) is 6.42 Å². The predicted octanol–water partition coefficient (Wildman–Crippen LogP) is 3.29. The van der Waals surface area contributed by atoms with Crippen molar-refractivity contribution in [3.63, 3.8) is 0 Å². The van der Waals surface area contributed by atoms with Crippen LogP contribution in [0.1, 0.15) is 47.2 Å². The van der Waals surface area contributed by atoms with Crippen LogP contribution < -0.4 is 5.32 Å². The van der Waals surface area contributed by atoms with E-state index in [1.807, 2.05) is 18.2 Å². The summed E-state index contributed by atoms with van der Waals surface area (Å²) in [5.74, 6) is -0.00132. The van der Waals surface area contributed by atoms with Crippen molar-refractivity contribution >= 4 is 5.91 Å². The zero-order valence-electron chi connectivity index (χ0n) is 13.1. The van der Waals surface area contributed by atoms with E-state index < -0.39 is 0 Å². The summed E-state index contributed by atoms with van der Waals surface area (Å²) >= 11 is 0. The van der Waals surface area contributed by atoms with E-state index >= 15 is 0 Å². The Morgan fingerprint density at radius 2 is 1.70 bits per heavy atom. The Morgan fingerprint density at radius 1 is 0.957 bits per heavy atom. The number of rotatable bonds is 2. The Bertz CT molecular complexity index is 745. The standard InChI is InChI=1S/C20H21NO2/c22-17-9-7-16(8-10-17)21-20(23)15-6-5-14-11-13-3-1-2-4-18(13)19(14)12-15/h1-6,12,16-17,22H,7-11H2,(H,21,23). The predicted molar refractivity (Wildman–Crippen MR) is 90.4 cm³/mol. The van der Waals surface area contributed by atoms with Gasteiger partial charge in [-0.2, -0.15) is 0 Å². The molecule has 2 aliphatic rings. The number of hydrogen-bond acceptors (Lipinski definition) is 2. The highest BCUT2D eigenvalue weighted by molar-refractivity contribution is 5.96. The fraction of sp³-hybridized carbons (Fsp3) is 0.350. The van der Waals surface area contributed by atoms with Crippen molar-refractivity contribution < 1.29 is 9.90 Å². The fourth-order valence-electron chi connectivity index (χ4n) is 3.75. The van der Waals surface area contributed by atoms with Gasteiger partial charge in [-0.15, -0.1) is 0 Å². The van der Waals surface area contributed by atoms with E-state index in [0.717, 1.165) is 37.7 Å². The van der Waals surface area contributed by atoms with Crippen molar-refractivity contribution in [3.05, 3.63) is 59.2 Å². The average molecular weight is 307 g/mol. The van der Waals surface area contributed by atoms with Gasteiger partial charge in [0.05, 0.1) is 6.10 Å². The van der Waals surface area contributed by atoms with Crippen LogP contribution in [0.4, 0.5) is 0 Å². The molecule has 1 amide bonds. The summed E-state index contributed by atoms with van der Waals surface area (Å²) in [4.78, 5) is 12.5.